The summed E-state index contributed by atoms with van der Waals surface area (Å²) in [6.45, 7) is 1.51. The molecule has 5 nitrogen and oxygen atoms in total. The van der Waals surface area contributed by atoms with Gasteiger partial charge in [0.1, 0.15) is 11.9 Å². The molecule has 0 amide bonds. The average molecular weight is 245 g/mol. The number of piperidine rings is 1. The molecule has 1 aliphatic heterocycles. The number of nitrogens with zero attached hydrogens (tertiary/aromatic N) is 3. The first kappa shape index (κ1) is 12.4. The molecule has 1 aliphatic rings. The molecule has 94 valence electrons. The van der Waals surface area contributed by atoms with Crippen LogP contribution in [0.5, 0.6) is 0 Å². The second-order valence-electron chi connectivity index (χ2n) is 4.33. The van der Waals surface area contributed by atoms with E-state index in [1.165, 1.54) is 7.11 Å². The van der Waals surface area contributed by atoms with E-state index in [2.05, 4.69) is 9.88 Å². The van der Waals surface area contributed by atoms with Crippen molar-refractivity contribution >= 4 is 11.8 Å². The summed E-state index contributed by atoms with van der Waals surface area (Å²) in [6.07, 6.45) is 3.36. The maximum atomic E-state index is 11.5. The lowest BCUT2D eigenvalue weighted by molar-refractivity contribution is -0.145. The summed E-state index contributed by atoms with van der Waals surface area (Å²) < 4.78 is 4.78. The first-order valence-corrected chi connectivity index (χ1v) is 5.93. The van der Waals surface area contributed by atoms with E-state index < -0.39 is 0 Å². The molecule has 0 bridgehead atoms. The summed E-state index contributed by atoms with van der Waals surface area (Å²) in [7, 11) is 1.42. The Labute approximate surface area is 106 Å². The van der Waals surface area contributed by atoms with Crippen LogP contribution in [0, 0.1) is 17.2 Å². The normalized spacial score (nSPS) is 19.1. The SMILES string of the molecule is COC(=O)[C@H]1CCCN(c2ccc(C#N)cn2)C1. The summed E-state index contributed by atoms with van der Waals surface area (Å²) in [5.41, 5.74) is 0.542. The molecule has 0 radical (unpaired) electrons. The van der Waals surface area contributed by atoms with Crippen molar-refractivity contribution in [2.24, 2.45) is 5.92 Å². The monoisotopic (exact) mass is 245 g/mol. The topological polar surface area (TPSA) is 66.2 Å². The Morgan fingerprint density at radius 3 is 3.06 bits per heavy atom. The number of carbonyl (C=O) groups excluding carboxylic acids is 1. The van der Waals surface area contributed by atoms with Crippen molar-refractivity contribution in [3.8, 4) is 6.07 Å². The third-order valence-electron chi connectivity index (χ3n) is 3.16. The molecule has 2 heterocycles. The number of aromatic nitrogens is 1. The van der Waals surface area contributed by atoms with Gasteiger partial charge >= 0.3 is 5.97 Å². The predicted molar refractivity (Wildman–Crippen MR) is 65.9 cm³/mol. The van der Waals surface area contributed by atoms with Crippen molar-refractivity contribution in [1.29, 1.82) is 5.26 Å². The quantitative estimate of drug-likeness (QED) is 0.736. The van der Waals surface area contributed by atoms with Crippen LogP contribution >= 0.6 is 0 Å². The summed E-state index contributed by atoms with van der Waals surface area (Å²) in [5.74, 6) is 0.567. The minimum atomic E-state index is -0.159. The van der Waals surface area contributed by atoms with Crippen molar-refractivity contribution in [2.45, 2.75) is 12.8 Å². The fraction of sp³-hybridized carbons (Fsp3) is 0.462. The van der Waals surface area contributed by atoms with E-state index in [0.29, 0.717) is 12.1 Å². The molecule has 5 heteroatoms. The van der Waals surface area contributed by atoms with Crippen LogP contribution in [0.4, 0.5) is 5.82 Å². The van der Waals surface area contributed by atoms with Crippen LogP contribution in [0.25, 0.3) is 0 Å². The second kappa shape index (κ2) is 5.50. The van der Waals surface area contributed by atoms with Gasteiger partial charge in [0.25, 0.3) is 0 Å². The molecule has 0 N–H and O–H groups in total. The highest BCUT2D eigenvalue weighted by atomic mass is 16.5. The number of pyridine rings is 1. The zero-order valence-electron chi connectivity index (χ0n) is 10.3. The molecule has 1 fully saturated rings. The van der Waals surface area contributed by atoms with E-state index in [-0.39, 0.29) is 11.9 Å². The number of hydrogen-bond donors (Lipinski definition) is 0. The van der Waals surface area contributed by atoms with Gasteiger partial charge in [-0.2, -0.15) is 5.26 Å². The Balaban J connectivity index is 2.08. The maximum Gasteiger partial charge on any atom is 0.310 e. The third-order valence-corrected chi connectivity index (χ3v) is 3.16. The summed E-state index contributed by atoms with van der Waals surface area (Å²) >= 11 is 0. The molecule has 1 aromatic rings. The maximum absolute atomic E-state index is 11.5. The van der Waals surface area contributed by atoms with Crippen molar-refractivity contribution in [3.63, 3.8) is 0 Å². The molecule has 1 saturated heterocycles. The van der Waals surface area contributed by atoms with Crippen LogP contribution in [0.1, 0.15) is 18.4 Å². The fourth-order valence-corrected chi connectivity index (χ4v) is 2.18. The Morgan fingerprint density at radius 2 is 2.44 bits per heavy atom. The number of carbonyl (C=O) groups is 1. The highest BCUT2D eigenvalue weighted by molar-refractivity contribution is 5.73. The van der Waals surface area contributed by atoms with Gasteiger partial charge in [-0.3, -0.25) is 4.79 Å². The highest BCUT2D eigenvalue weighted by Crippen LogP contribution is 2.22. The molecular weight excluding hydrogens is 230 g/mol. The molecule has 18 heavy (non-hydrogen) atoms. The average Bonchev–Trinajstić information content (AvgIpc) is 2.46. The van der Waals surface area contributed by atoms with E-state index in [9.17, 15) is 4.79 Å². The lowest BCUT2D eigenvalue weighted by atomic mass is 9.98. The van der Waals surface area contributed by atoms with Gasteiger partial charge in [0.05, 0.1) is 18.6 Å². The van der Waals surface area contributed by atoms with E-state index in [1.54, 1.807) is 12.3 Å². The van der Waals surface area contributed by atoms with E-state index in [1.807, 2.05) is 12.1 Å². The molecule has 1 aromatic heterocycles. The Kier molecular flexibility index (Phi) is 3.78. The standard InChI is InChI=1S/C13H15N3O2/c1-18-13(17)11-3-2-6-16(9-11)12-5-4-10(7-14)8-15-12/h4-5,8,11H,2-3,6,9H2,1H3/t11-/m0/s1. The van der Waals surface area contributed by atoms with Crippen molar-refractivity contribution in [3.05, 3.63) is 23.9 Å². The van der Waals surface area contributed by atoms with Gasteiger partial charge in [-0.25, -0.2) is 4.98 Å². The minimum Gasteiger partial charge on any atom is -0.469 e. The smallest absolute Gasteiger partial charge is 0.310 e. The molecule has 1 atom stereocenters. The number of nitriles is 1. The van der Waals surface area contributed by atoms with E-state index in [0.717, 1.165) is 25.2 Å². The van der Waals surface area contributed by atoms with Crippen LogP contribution in [0.15, 0.2) is 18.3 Å². The summed E-state index contributed by atoms with van der Waals surface area (Å²) in [4.78, 5) is 17.8. The van der Waals surface area contributed by atoms with E-state index in [4.69, 9.17) is 10.00 Å². The molecule has 0 aromatic carbocycles. The van der Waals surface area contributed by atoms with Gasteiger partial charge in [0.2, 0.25) is 0 Å². The molecule has 2 rings (SSSR count). The number of hydrogen-bond acceptors (Lipinski definition) is 5. The van der Waals surface area contributed by atoms with Crippen LogP contribution in [0.3, 0.4) is 0 Å². The number of anilines is 1. The Bertz CT molecular complexity index is 464. The molecular formula is C13H15N3O2. The lowest BCUT2D eigenvalue weighted by Gasteiger charge is -2.32. The van der Waals surface area contributed by atoms with Crippen molar-refractivity contribution in [1.82, 2.24) is 4.98 Å². The summed E-state index contributed by atoms with van der Waals surface area (Å²) in [5, 5.41) is 8.72. The minimum absolute atomic E-state index is 0.0822. The predicted octanol–water partition coefficient (Wildman–Crippen LogP) is 1.34. The van der Waals surface area contributed by atoms with E-state index >= 15 is 0 Å². The zero-order valence-corrected chi connectivity index (χ0v) is 10.3. The summed E-state index contributed by atoms with van der Waals surface area (Å²) in [6, 6.07) is 5.60. The second-order valence-corrected chi connectivity index (χ2v) is 4.33. The first-order valence-electron chi connectivity index (χ1n) is 5.93. The first-order chi connectivity index (χ1) is 8.74. The number of methoxy groups -OCH3 is 1. The fourth-order valence-electron chi connectivity index (χ4n) is 2.18. The number of rotatable bonds is 2. The molecule has 0 spiro atoms. The Morgan fingerprint density at radius 1 is 1.61 bits per heavy atom. The van der Waals surface area contributed by atoms with Gasteiger partial charge in [-0.05, 0) is 25.0 Å². The largest absolute Gasteiger partial charge is 0.469 e. The van der Waals surface area contributed by atoms with Gasteiger partial charge in [0.15, 0.2) is 0 Å². The molecule has 0 aliphatic carbocycles. The van der Waals surface area contributed by atoms with Gasteiger partial charge in [-0.15, -0.1) is 0 Å². The lowest BCUT2D eigenvalue weighted by Crippen LogP contribution is -2.39. The van der Waals surface area contributed by atoms with Crippen LogP contribution in [0.2, 0.25) is 0 Å². The number of ether oxygens (including phenoxy) is 1. The molecule has 0 unspecified atom stereocenters. The third kappa shape index (κ3) is 2.59. The van der Waals surface area contributed by atoms with Crippen LogP contribution in [-0.4, -0.2) is 31.2 Å². The van der Waals surface area contributed by atoms with Crippen molar-refractivity contribution < 1.29 is 9.53 Å². The van der Waals surface area contributed by atoms with Crippen LogP contribution < -0.4 is 4.90 Å². The number of esters is 1. The van der Waals surface area contributed by atoms with Gasteiger partial charge in [0, 0.05) is 19.3 Å². The zero-order chi connectivity index (χ0) is 13.0. The van der Waals surface area contributed by atoms with Crippen LogP contribution in [-0.2, 0) is 9.53 Å². The van der Waals surface area contributed by atoms with Gasteiger partial charge < -0.3 is 9.64 Å². The Hall–Kier alpha value is -2.09. The van der Waals surface area contributed by atoms with Gasteiger partial charge in [-0.1, -0.05) is 0 Å². The highest BCUT2D eigenvalue weighted by Gasteiger charge is 2.26. The molecule has 0 saturated carbocycles. The van der Waals surface area contributed by atoms with Crippen molar-refractivity contribution in [2.75, 3.05) is 25.1 Å².